The molecule has 0 spiro atoms. The van der Waals surface area contributed by atoms with Crippen LogP contribution in [0.2, 0.25) is 0 Å². The van der Waals surface area contributed by atoms with Gasteiger partial charge >= 0.3 is 0 Å². The van der Waals surface area contributed by atoms with E-state index < -0.39 is 0 Å². The van der Waals surface area contributed by atoms with Crippen LogP contribution in [-0.2, 0) is 6.42 Å². The van der Waals surface area contributed by atoms with Crippen LogP contribution in [0, 0.1) is 5.92 Å². The number of nitrogens with one attached hydrogen (secondary N) is 2. The fourth-order valence-corrected chi connectivity index (χ4v) is 2.37. The summed E-state index contributed by atoms with van der Waals surface area (Å²) in [5, 5.41) is 14.6. The second kappa shape index (κ2) is 4.02. The summed E-state index contributed by atoms with van der Waals surface area (Å²) < 4.78 is 0. The summed E-state index contributed by atoms with van der Waals surface area (Å²) in [6.45, 7) is 4.35. The van der Waals surface area contributed by atoms with E-state index in [1.807, 2.05) is 6.20 Å². The Bertz CT molecular complexity index is 483. The Labute approximate surface area is 101 Å². The highest BCUT2D eigenvalue weighted by atomic mass is 15.1. The molecule has 0 bridgehead atoms. The summed E-state index contributed by atoms with van der Waals surface area (Å²) >= 11 is 0. The SMILES string of the molecule is CC(C)c1cc(C2CC2Cc2ccn[nH]2)[nH]n1. The minimum Gasteiger partial charge on any atom is -0.283 e. The summed E-state index contributed by atoms with van der Waals surface area (Å²) in [5.41, 5.74) is 3.71. The average molecular weight is 230 g/mol. The minimum atomic E-state index is 0.504. The van der Waals surface area contributed by atoms with E-state index in [1.54, 1.807) is 0 Å². The van der Waals surface area contributed by atoms with E-state index in [1.165, 1.54) is 23.5 Å². The molecule has 1 saturated carbocycles. The molecule has 1 aliphatic carbocycles. The number of hydrogen-bond donors (Lipinski definition) is 2. The maximum Gasteiger partial charge on any atom is 0.0650 e. The lowest BCUT2D eigenvalue weighted by molar-refractivity contribution is 0.754. The van der Waals surface area contributed by atoms with Gasteiger partial charge in [0.05, 0.1) is 5.69 Å². The molecule has 1 fully saturated rings. The Hall–Kier alpha value is -1.58. The Morgan fingerprint density at radius 3 is 2.94 bits per heavy atom. The highest BCUT2D eigenvalue weighted by Gasteiger charge is 2.39. The van der Waals surface area contributed by atoms with Gasteiger partial charge in [-0.3, -0.25) is 10.2 Å². The molecule has 0 aliphatic heterocycles. The summed E-state index contributed by atoms with van der Waals surface area (Å²) in [5.74, 6) is 1.92. The normalized spacial score (nSPS) is 23.2. The first-order valence-corrected chi connectivity index (χ1v) is 6.27. The third-order valence-electron chi connectivity index (χ3n) is 3.57. The van der Waals surface area contributed by atoms with E-state index in [2.05, 4.69) is 46.4 Å². The summed E-state index contributed by atoms with van der Waals surface area (Å²) in [4.78, 5) is 0. The summed E-state index contributed by atoms with van der Waals surface area (Å²) in [6.07, 6.45) is 4.18. The average Bonchev–Trinajstić information content (AvgIpc) is 2.75. The molecule has 17 heavy (non-hydrogen) atoms. The van der Waals surface area contributed by atoms with E-state index in [4.69, 9.17) is 0 Å². The molecule has 1 aliphatic rings. The molecule has 2 unspecified atom stereocenters. The van der Waals surface area contributed by atoms with Crippen molar-refractivity contribution in [1.29, 1.82) is 0 Å². The summed E-state index contributed by atoms with van der Waals surface area (Å²) in [7, 11) is 0. The van der Waals surface area contributed by atoms with Gasteiger partial charge in [0.25, 0.3) is 0 Å². The van der Waals surface area contributed by atoms with Gasteiger partial charge in [0.1, 0.15) is 0 Å². The molecule has 4 heteroatoms. The van der Waals surface area contributed by atoms with Crippen molar-refractivity contribution in [2.24, 2.45) is 5.92 Å². The Balaban J connectivity index is 1.63. The molecule has 0 saturated heterocycles. The second-order valence-corrected chi connectivity index (χ2v) is 5.29. The number of hydrogen-bond acceptors (Lipinski definition) is 2. The third-order valence-corrected chi connectivity index (χ3v) is 3.57. The number of rotatable bonds is 4. The van der Waals surface area contributed by atoms with Gasteiger partial charge in [-0.15, -0.1) is 0 Å². The first-order valence-electron chi connectivity index (χ1n) is 6.27. The fraction of sp³-hybridized carbons (Fsp3) is 0.538. The predicted molar refractivity (Wildman–Crippen MR) is 65.8 cm³/mol. The lowest BCUT2D eigenvalue weighted by Gasteiger charge is -1.96. The molecule has 3 rings (SSSR count). The summed E-state index contributed by atoms with van der Waals surface area (Å²) in [6, 6.07) is 4.28. The van der Waals surface area contributed by atoms with Crippen LogP contribution < -0.4 is 0 Å². The lowest BCUT2D eigenvalue weighted by atomic mass is 10.1. The first-order chi connectivity index (χ1) is 8.24. The van der Waals surface area contributed by atoms with E-state index >= 15 is 0 Å². The van der Waals surface area contributed by atoms with E-state index in [9.17, 15) is 0 Å². The Kier molecular flexibility index (Phi) is 2.50. The number of nitrogens with zero attached hydrogens (tertiary/aromatic N) is 2. The number of aromatic nitrogens is 4. The largest absolute Gasteiger partial charge is 0.283 e. The standard InChI is InChI=1S/C13H18N4/c1-8(2)12-7-13(17-16-12)11-6-9(11)5-10-3-4-14-15-10/h3-4,7-9,11H,5-6H2,1-2H3,(H,14,15)(H,16,17). The molecular formula is C13H18N4. The maximum atomic E-state index is 4.36. The molecular weight excluding hydrogens is 212 g/mol. The van der Waals surface area contributed by atoms with Gasteiger partial charge in [0, 0.05) is 23.5 Å². The molecule has 0 amide bonds. The Morgan fingerprint density at radius 1 is 1.41 bits per heavy atom. The van der Waals surface area contributed by atoms with Crippen LogP contribution in [0.25, 0.3) is 0 Å². The van der Waals surface area contributed by atoms with Gasteiger partial charge in [-0.2, -0.15) is 10.2 Å². The number of aromatic amines is 2. The van der Waals surface area contributed by atoms with Crippen molar-refractivity contribution < 1.29 is 0 Å². The van der Waals surface area contributed by atoms with Gasteiger partial charge in [0.15, 0.2) is 0 Å². The van der Waals surface area contributed by atoms with E-state index in [-0.39, 0.29) is 0 Å². The quantitative estimate of drug-likeness (QED) is 0.848. The van der Waals surface area contributed by atoms with Crippen LogP contribution in [0.15, 0.2) is 18.3 Å². The molecule has 0 radical (unpaired) electrons. The predicted octanol–water partition coefficient (Wildman–Crippen LogP) is 2.60. The van der Waals surface area contributed by atoms with Gasteiger partial charge < -0.3 is 0 Å². The maximum absolute atomic E-state index is 4.36. The van der Waals surface area contributed by atoms with Crippen molar-refractivity contribution in [3.05, 3.63) is 35.4 Å². The van der Waals surface area contributed by atoms with Crippen LogP contribution >= 0.6 is 0 Å². The second-order valence-electron chi connectivity index (χ2n) is 5.29. The zero-order valence-electron chi connectivity index (χ0n) is 10.3. The van der Waals surface area contributed by atoms with Crippen molar-refractivity contribution in [3.63, 3.8) is 0 Å². The minimum absolute atomic E-state index is 0.504. The monoisotopic (exact) mass is 230 g/mol. The zero-order valence-corrected chi connectivity index (χ0v) is 10.3. The number of H-pyrrole nitrogens is 2. The van der Waals surface area contributed by atoms with E-state index in [0.29, 0.717) is 11.8 Å². The van der Waals surface area contributed by atoms with Gasteiger partial charge in [-0.1, -0.05) is 13.8 Å². The lowest BCUT2D eigenvalue weighted by Crippen LogP contribution is -1.90. The van der Waals surface area contributed by atoms with Crippen molar-refractivity contribution in [2.45, 2.75) is 38.5 Å². The van der Waals surface area contributed by atoms with Crippen LogP contribution in [0.5, 0.6) is 0 Å². The molecule has 2 aromatic rings. The molecule has 2 atom stereocenters. The van der Waals surface area contributed by atoms with Crippen LogP contribution in [0.1, 0.15) is 49.2 Å². The molecule has 0 aromatic carbocycles. The Morgan fingerprint density at radius 2 is 2.29 bits per heavy atom. The molecule has 4 nitrogen and oxygen atoms in total. The van der Waals surface area contributed by atoms with Gasteiger partial charge in [-0.05, 0) is 36.8 Å². The highest BCUT2D eigenvalue weighted by Crippen LogP contribution is 2.48. The van der Waals surface area contributed by atoms with Crippen molar-refractivity contribution in [3.8, 4) is 0 Å². The van der Waals surface area contributed by atoms with Gasteiger partial charge in [-0.25, -0.2) is 0 Å². The van der Waals surface area contributed by atoms with Crippen molar-refractivity contribution in [1.82, 2.24) is 20.4 Å². The first kappa shape index (κ1) is 10.6. The van der Waals surface area contributed by atoms with Crippen molar-refractivity contribution in [2.75, 3.05) is 0 Å². The third kappa shape index (κ3) is 2.12. The molecule has 2 heterocycles. The van der Waals surface area contributed by atoms with Crippen molar-refractivity contribution >= 4 is 0 Å². The van der Waals surface area contributed by atoms with E-state index in [0.717, 1.165) is 12.3 Å². The molecule has 2 aromatic heterocycles. The van der Waals surface area contributed by atoms with Crippen LogP contribution in [0.4, 0.5) is 0 Å². The van der Waals surface area contributed by atoms with Crippen LogP contribution in [-0.4, -0.2) is 20.4 Å². The molecule has 2 N–H and O–H groups in total. The smallest absolute Gasteiger partial charge is 0.0650 e. The van der Waals surface area contributed by atoms with Gasteiger partial charge in [0.2, 0.25) is 0 Å². The fourth-order valence-electron chi connectivity index (χ4n) is 2.37. The van der Waals surface area contributed by atoms with Crippen LogP contribution in [0.3, 0.4) is 0 Å². The topological polar surface area (TPSA) is 57.4 Å². The molecule has 90 valence electrons. The highest BCUT2D eigenvalue weighted by molar-refractivity contribution is 5.22. The zero-order chi connectivity index (χ0) is 11.8.